The van der Waals surface area contributed by atoms with E-state index < -0.39 is 42.9 Å². The average molecular weight is 726 g/mol. The molecule has 5 N–H and O–H groups in total. The molecule has 2 heterocycles. The van der Waals surface area contributed by atoms with E-state index >= 15 is 0 Å². The van der Waals surface area contributed by atoms with Crippen molar-refractivity contribution in [3.8, 4) is 16.9 Å². The first-order chi connectivity index (χ1) is 23.8. The number of aliphatic hydroxyl groups excluding tert-OH is 2. The molecule has 0 aromatic heterocycles. The molecule has 3 aromatic rings. The first-order valence-corrected chi connectivity index (χ1v) is 20.4. The fraction of sp³-hybridized carbons (Fsp3) is 0.514. The summed E-state index contributed by atoms with van der Waals surface area (Å²) in [5.41, 5.74) is 9.40. The summed E-state index contributed by atoms with van der Waals surface area (Å²) in [6.07, 6.45) is 3.85. The van der Waals surface area contributed by atoms with Crippen molar-refractivity contribution in [3.05, 3.63) is 77.9 Å². The smallest absolute Gasteiger partial charge is 0.243 e. The quantitative estimate of drug-likeness (QED) is 0.205. The number of hydrogen-bond donors (Lipinski definition) is 4. The van der Waals surface area contributed by atoms with Crippen molar-refractivity contribution in [3.63, 3.8) is 0 Å². The topological polar surface area (TPSA) is 168 Å². The van der Waals surface area contributed by atoms with Crippen LogP contribution in [-0.2, 0) is 30.1 Å². The molecule has 2 saturated carbocycles. The first kappa shape index (κ1) is 35.5. The third kappa shape index (κ3) is 6.74. The normalized spacial score (nSPS) is 23.1. The Bertz CT molecular complexity index is 1930. The number of nitrogens with one attached hydrogen (secondary N) is 1. The van der Waals surface area contributed by atoms with Crippen molar-refractivity contribution < 1.29 is 36.5 Å². The highest BCUT2D eigenvalue weighted by Gasteiger charge is 2.54. The highest BCUT2D eigenvalue weighted by Crippen LogP contribution is 2.47. The van der Waals surface area contributed by atoms with E-state index in [9.17, 15) is 27.0 Å². The molecular formula is C37H47N3O8S2. The van der Waals surface area contributed by atoms with Crippen LogP contribution in [0.15, 0.2) is 76.5 Å². The maximum absolute atomic E-state index is 13.9. The van der Waals surface area contributed by atoms with Gasteiger partial charge in [0.05, 0.1) is 33.4 Å². The van der Waals surface area contributed by atoms with E-state index in [1.165, 1.54) is 12.1 Å². The van der Waals surface area contributed by atoms with Gasteiger partial charge in [-0.05, 0) is 98.4 Å². The van der Waals surface area contributed by atoms with E-state index in [0.29, 0.717) is 62.4 Å². The molecule has 2 aliphatic carbocycles. The van der Waals surface area contributed by atoms with Gasteiger partial charge in [0.1, 0.15) is 18.5 Å². The Morgan fingerprint density at radius 1 is 0.980 bits per heavy atom. The third-order valence-corrected chi connectivity index (χ3v) is 15.8. The van der Waals surface area contributed by atoms with Gasteiger partial charge in [-0.2, -0.15) is 4.31 Å². The van der Waals surface area contributed by atoms with Gasteiger partial charge in [-0.15, -0.1) is 0 Å². The minimum atomic E-state index is -3.72. The number of nitrogens with two attached hydrogens (primary N) is 1. The van der Waals surface area contributed by atoms with E-state index in [1.54, 1.807) is 28.6 Å². The van der Waals surface area contributed by atoms with Crippen molar-refractivity contribution in [1.29, 1.82) is 0 Å². The summed E-state index contributed by atoms with van der Waals surface area (Å²) in [5.74, 6) is 0.332. The van der Waals surface area contributed by atoms with Gasteiger partial charge in [0.15, 0.2) is 9.84 Å². The standard InChI is InChI=1S/C37H47N3O8S2/c1-26-33(27-8-10-28(11-9-27)37(38)14-15-37)6-3-7-34(26)50(45,46)40-18-16-35(17-19-40)21-29(23-48-35)39-22-30(42)24-47-31-4-2-5-32(20-31)49(43,44)36(25-41)12-13-36/h2-11,20,29-30,39,41-42H,12-19,21-25,38H2,1H3. The molecule has 3 aromatic carbocycles. The number of benzene rings is 3. The Labute approximate surface area is 294 Å². The zero-order valence-electron chi connectivity index (χ0n) is 28.4. The maximum Gasteiger partial charge on any atom is 0.243 e. The lowest BCUT2D eigenvalue weighted by Gasteiger charge is -2.38. The van der Waals surface area contributed by atoms with Gasteiger partial charge in [-0.25, -0.2) is 16.8 Å². The Morgan fingerprint density at radius 3 is 2.34 bits per heavy atom. The number of aliphatic hydroxyl groups is 2. The Balaban J connectivity index is 0.900. The van der Waals surface area contributed by atoms with Crippen LogP contribution < -0.4 is 15.8 Å². The highest BCUT2D eigenvalue weighted by molar-refractivity contribution is 7.93. The van der Waals surface area contributed by atoms with Gasteiger partial charge in [-0.1, -0.05) is 42.5 Å². The maximum atomic E-state index is 13.9. The Kier molecular flexibility index (Phi) is 9.43. The molecule has 13 heteroatoms. The minimum Gasteiger partial charge on any atom is -0.491 e. The molecule has 270 valence electrons. The molecule has 0 radical (unpaired) electrons. The fourth-order valence-electron chi connectivity index (χ4n) is 7.40. The summed E-state index contributed by atoms with van der Waals surface area (Å²) >= 11 is 0. The zero-order chi connectivity index (χ0) is 35.4. The molecule has 4 aliphatic rings. The summed E-state index contributed by atoms with van der Waals surface area (Å²) in [4.78, 5) is 0.422. The van der Waals surface area contributed by atoms with Crippen LogP contribution >= 0.6 is 0 Å². The number of ether oxygens (including phenoxy) is 2. The summed E-state index contributed by atoms with van der Waals surface area (Å²) in [6, 6.07) is 19.8. The van der Waals surface area contributed by atoms with Crippen LogP contribution in [-0.4, -0.2) is 93.3 Å². The van der Waals surface area contributed by atoms with Gasteiger partial charge in [0, 0.05) is 31.2 Å². The number of nitrogens with zero attached hydrogens (tertiary/aromatic N) is 1. The van der Waals surface area contributed by atoms with E-state index in [0.717, 1.165) is 35.1 Å². The first-order valence-electron chi connectivity index (χ1n) is 17.4. The van der Waals surface area contributed by atoms with Crippen LogP contribution in [0.1, 0.15) is 56.1 Å². The van der Waals surface area contributed by atoms with E-state index in [2.05, 4.69) is 5.32 Å². The summed E-state index contributed by atoms with van der Waals surface area (Å²) in [5, 5.41) is 23.6. The SMILES string of the molecule is Cc1c(-c2ccc(C3(N)CC3)cc2)cccc1S(=O)(=O)N1CCC2(CC1)CC(NCC(O)COc1cccc(S(=O)(=O)C3(CO)CC3)c1)CO2. The number of rotatable bonds is 13. The highest BCUT2D eigenvalue weighted by atomic mass is 32.2. The lowest BCUT2D eigenvalue weighted by atomic mass is 9.88. The Hall–Kier alpha value is -2.88. The zero-order valence-corrected chi connectivity index (χ0v) is 30.0. The fourth-order valence-corrected chi connectivity index (χ4v) is 10.9. The molecule has 7 rings (SSSR count). The summed E-state index contributed by atoms with van der Waals surface area (Å²) in [6.45, 7) is 2.85. The second-order valence-electron chi connectivity index (χ2n) is 14.7. The van der Waals surface area contributed by atoms with Crippen LogP contribution in [0.2, 0.25) is 0 Å². The number of sulfonamides is 1. The van der Waals surface area contributed by atoms with Gasteiger partial charge < -0.3 is 30.7 Å². The van der Waals surface area contributed by atoms with Crippen molar-refractivity contribution in [2.24, 2.45) is 5.73 Å². The van der Waals surface area contributed by atoms with Crippen molar-refractivity contribution in [2.75, 3.05) is 39.5 Å². The van der Waals surface area contributed by atoms with Gasteiger partial charge in [-0.3, -0.25) is 0 Å². The van der Waals surface area contributed by atoms with Gasteiger partial charge in [0.2, 0.25) is 10.0 Å². The lowest BCUT2D eigenvalue weighted by molar-refractivity contribution is -0.0312. The monoisotopic (exact) mass is 725 g/mol. The minimum absolute atomic E-state index is 0.00568. The second kappa shape index (κ2) is 13.3. The van der Waals surface area contributed by atoms with Crippen LogP contribution in [0.5, 0.6) is 5.75 Å². The van der Waals surface area contributed by atoms with Crippen LogP contribution in [0.25, 0.3) is 11.1 Å². The third-order valence-electron chi connectivity index (χ3n) is 11.2. The second-order valence-corrected chi connectivity index (χ2v) is 18.9. The van der Waals surface area contributed by atoms with Crippen LogP contribution in [0.3, 0.4) is 0 Å². The molecule has 4 fully saturated rings. The molecule has 2 aliphatic heterocycles. The van der Waals surface area contributed by atoms with E-state index in [1.807, 2.05) is 37.3 Å². The number of sulfone groups is 1. The van der Waals surface area contributed by atoms with E-state index in [4.69, 9.17) is 15.2 Å². The summed E-state index contributed by atoms with van der Waals surface area (Å²) < 4.78 is 66.1. The lowest BCUT2D eigenvalue weighted by Crippen LogP contribution is -2.47. The predicted molar refractivity (Wildman–Crippen MR) is 189 cm³/mol. The Morgan fingerprint density at radius 2 is 1.68 bits per heavy atom. The molecule has 11 nitrogen and oxygen atoms in total. The largest absolute Gasteiger partial charge is 0.491 e. The molecule has 0 amide bonds. The van der Waals surface area contributed by atoms with Crippen LogP contribution in [0, 0.1) is 6.92 Å². The molecule has 2 saturated heterocycles. The van der Waals surface area contributed by atoms with Gasteiger partial charge in [0.25, 0.3) is 0 Å². The van der Waals surface area contributed by atoms with E-state index in [-0.39, 0.29) is 29.6 Å². The molecular weight excluding hydrogens is 679 g/mol. The molecule has 2 unspecified atom stereocenters. The molecule has 0 bridgehead atoms. The van der Waals surface area contributed by atoms with Crippen molar-refractivity contribution in [1.82, 2.24) is 9.62 Å². The molecule has 50 heavy (non-hydrogen) atoms. The summed E-state index contributed by atoms with van der Waals surface area (Å²) in [7, 11) is -7.40. The number of piperidine rings is 1. The molecule has 2 atom stereocenters. The number of hydrogen-bond acceptors (Lipinski definition) is 10. The average Bonchev–Trinajstić information content (AvgIpc) is 4.05. The predicted octanol–water partition coefficient (Wildman–Crippen LogP) is 3.25. The van der Waals surface area contributed by atoms with Crippen molar-refractivity contribution in [2.45, 2.75) is 89.7 Å². The molecule has 1 spiro atoms. The van der Waals surface area contributed by atoms with Crippen molar-refractivity contribution >= 4 is 19.9 Å². The van der Waals surface area contributed by atoms with Crippen LogP contribution in [0.4, 0.5) is 0 Å². The van der Waals surface area contributed by atoms with Gasteiger partial charge >= 0.3 is 0 Å².